The van der Waals surface area contributed by atoms with Gasteiger partial charge in [0.05, 0.1) is 17.0 Å². The molecule has 2 aromatic rings. The summed E-state index contributed by atoms with van der Waals surface area (Å²) in [5.74, 6) is -2.36. The first-order chi connectivity index (χ1) is 14.5. The fraction of sp³-hybridized carbons (Fsp3) is 0.286. The fourth-order valence-corrected chi connectivity index (χ4v) is 4.87. The second-order valence-corrected chi connectivity index (χ2v) is 10.4. The zero-order valence-electron chi connectivity index (χ0n) is 16.8. The van der Waals surface area contributed by atoms with Gasteiger partial charge in [0.25, 0.3) is 0 Å². The van der Waals surface area contributed by atoms with E-state index in [4.69, 9.17) is 11.0 Å². The molecule has 1 atom stereocenters. The van der Waals surface area contributed by atoms with Crippen LogP contribution in [0.15, 0.2) is 41.5 Å². The van der Waals surface area contributed by atoms with Gasteiger partial charge < -0.3 is 5.73 Å². The lowest BCUT2D eigenvalue weighted by atomic mass is 9.90. The molecule has 10 heteroatoms. The lowest BCUT2D eigenvalue weighted by molar-refractivity contribution is 0.312. The number of hydrogen-bond acceptors (Lipinski definition) is 6. The van der Waals surface area contributed by atoms with Gasteiger partial charge in [-0.15, -0.1) is 0 Å². The summed E-state index contributed by atoms with van der Waals surface area (Å²) in [6, 6.07) is 8.10. The highest BCUT2D eigenvalue weighted by Gasteiger charge is 2.51. The number of benzene rings is 1. The number of nitrogens with two attached hydrogens (primary N) is 1. The van der Waals surface area contributed by atoms with E-state index in [9.17, 15) is 22.3 Å². The topological polar surface area (TPSA) is 116 Å². The second kappa shape index (κ2) is 8.00. The number of hydrogen-bond donors (Lipinski definition) is 3. The van der Waals surface area contributed by atoms with E-state index in [-0.39, 0.29) is 28.2 Å². The van der Waals surface area contributed by atoms with Crippen LogP contribution in [0.2, 0.25) is 0 Å². The quantitative estimate of drug-likeness (QED) is 0.628. The summed E-state index contributed by atoms with van der Waals surface area (Å²) in [4.78, 5) is 7.98. The van der Waals surface area contributed by atoms with Crippen molar-refractivity contribution in [1.29, 1.82) is 5.26 Å². The molecule has 0 fully saturated rings. The van der Waals surface area contributed by atoms with Gasteiger partial charge >= 0.3 is 0 Å². The second-order valence-electron chi connectivity index (χ2n) is 7.76. The molecule has 0 saturated heterocycles. The molecule has 0 amide bonds. The summed E-state index contributed by atoms with van der Waals surface area (Å²) in [5, 5.41) is 8.80. The highest BCUT2D eigenvalue weighted by Crippen LogP contribution is 2.59. The number of pyridine rings is 1. The maximum Gasteiger partial charge on any atom is 0.149 e. The van der Waals surface area contributed by atoms with Crippen molar-refractivity contribution in [1.82, 2.24) is 4.98 Å². The SMILES string of the molecule is CC1(C)C(N)=NC(CF)(c2cc(C=C(F)c3ccc(C#N)cn3)ccc2F)CS1(O)O. The third-order valence-electron chi connectivity index (χ3n) is 5.35. The summed E-state index contributed by atoms with van der Waals surface area (Å²) in [6.07, 6.45) is 2.28. The van der Waals surface area contributed by atoms with Crippen molar-refractivity contribution in [2.75, 3.05) is 12.4 Å². The molecule has 4 N–H and O–H groups in total. The smallest absolute Gasteiger partial charge is 0.149 e. The normalized spacial score (nSPS) is 23.5. The Kier molecular flexibility index (Phi) is 5.88. The molecular weight excluding hydrogens is 429 g/mol. The van der Waals surface area contributed by atoms with E-state index in [0.29, 0.717) is 0 Å². The molecule has 1 aromatic heterocycles. The number of nitriles is 1. The molecular formula is C21H21F3N4O2S. The molecule has 0 spiro atoms. The van der Waals surface area contributed by atoms with Gasteiger partial charge in [-0.25, -0.2) is 13.2 Å². The zero-order valence-corrected chi connectivity index (χ0v) is 17.6. The molecule has 1 aliphatic heterocycles. The van der Waals surface area contributed by atoms with Gasteiger partial charge in [0, 0.05) is 11.8 Å². The average molecular weight is 450 g/mol. The zero-order chi connectivity index (χ0) is 23.0. The van der Waals surface area contributed by atoms with Crippen LogP contribution in [-0.4, -0.2) is 37.1 Å². The first-order valence-corrected chi connectivity index (χ1v) is 10.9. The minimum Gasteiger partial charge on any atom is -0.386 e. The van der Waals surface area contributed by atoms with Crippen molar-refractivity contribution < 1.29 is 22.3 Å². The van der Waals surface area contributed by atoms with Crippen LogP contribution in [0.5, 0.6) is 0 Å². The summed E-state index contributed by atoms with van der Waals surface area (Å²) in [5.41, 5.74) is 4.10. The van der Waals surface area contributed by atoms with Gasteiger partial charge in [-0.3, -0.25) is 19.1 Å². The molecule has 0 saturated carbocycles. The van der Waals surface area contributed by atoms with E-state index in [1.165, 1.54) is 44.3 Å². The van der Waals surface area contributed by atoms with Crippen molar-refractivity contribution >= 4 is 28.3 Å². The molecule has 1 aromatic carbocycles. The van der Waals surface area contributed by atoms with Gasteiger partial charge in [0.1, 0.15) is 40.5 Å². The van der Waals surface area contributed by atoms with Crippen LogP contribution >= 0.6 is 10.6 Å². The predicted octanol–water partition coefficient (Wildman–Crippen LogP) is 4.62. The van der Waals surface area contributed by atoms with Crippen LogP contribution in [0.25, 0.3) is 11.9 Å². The number of rotatable bonds is 4. The molecule has 0 aliphatic carbocycles. The largest absolute Gasteiger partial charge is 0.386 e. The molecule has 1 unspecified atom stereocenters. The molecule has 3 rings (SSSR count). The van der Waals surface area contributed by atoms with Crippen LogP contribution in [0.4, 0.5) is 13.2 Å². The molecule has 31 heavy (non-hydrogen) atoms. The number of alkyl halides is 1. The van der Waals surface area contributed by atoms with E-state index in [1.807, 2.05) is 6.07 Å². The number of amidine groups is 1. The van der Waals surface area contributed by atoms with Crippen molar-refractivity contribution in [2.45, 2.75) is 24.1 Å². The van der Waals surface area contributed by atoms with Crippen molar-refractivity contribution in [2.24, 2.45) is 10.7 Å². The van der Waals surface area contributed by atoms with E-state index in [1.54, 1.807) is 0 Å². The number of halogens is 3. The Labute approximate surface area is 179 Å². The van der Waals surface area contributed by atoms with E-state index < -0.39 is 44.9 Å². The Hall–Kier alpha value is -2.87. The molecule has 1 aliphatic rings. The Morgan fingerprint density at radius 3 is 2.58 bits per heavy atom. The summed E-state index contributed by atoms with van der Waals surface area (Å²) < 4.78 is 63.4. The average Bonchev–Trinajstić information content (AvgIpc) is 2.73. The van der Waals surface area contributed by atoms with Crippen LogP contribution in [0, 0.1) is 17.1 Å². The van der Waals surface area contributed by atoms with Gasteiger partial charge in [0.2, 0.25) is 0 Å². The molecule has 2 heterocycles. The maximum absolute atomic E-state index is 14.7. The monoisotopic (exact) mass is 450 g/mol. The Morgan fingerprint density at radius 2 is 2.03 bits per heavy atom. The molecule has 6 nitrogen and oxygen atoms in total. The third kappa shape index (κ3) is 4.04. The Morgan fingerprint density at radius 1 is 1.32 bits per heavy atom. The van der Waals surface area contributed by atoms with Crippen LogP contribution in [-0.2, 0) is 5.54 Å². The number of aromatic nitrogens is 1. The van der Waals surface area contributed by atoms with Crippen molar-refractivity contribution in [3.8, 4) is 6.07 Å². The predicted molar refractivity (Wildman–Crippen MR) is 115 cm³/mol. The standard InChI is InChI=1S/C21H21F3N4O2S/c1-20(2)19(26)28-21(11-22,12-31(20,29)30)15-7-13(3-5-16(15)23)8-17(24)18-6-4-14(9-25)10-27-18/h3-8,10,29-30H,11-12H2,1-2H3,(H2,26,28). The van der Waals surface area contributed by atoms with Crippen LogP contribution in [0.3, 0.4) is 0 Å². The van der Waals surface area contributed by atoms with Gasteiger partial charge in [-0.1, -0.05) is 6.07 Å². The Balaban J connectivity index is 2.08. The van der Waals surface area contributed by atoms with Crippen LogP contribution in [0.1, 0.15) is 36.2 Å². The highest BCUT2D eigenvalue weighted by molar-refractivity contribution is 8.26. The summed E-state index contributed by atoms with van der Waals surface area (Å²) in [7, 11) is -3.47. The Bertz CT molecular complexity index is 1110. The minimum atomic E-state index is -3.47. The summed E-state index contributed by atoms with van der Waals surface area (Å²) in [6.45, 7) is 1.71. The first-order valence-electron chi connectivity index (χ1n) is 9.17. The van der Waals surface area contributed by atoms with Crippen molar-refractivity contribution in [3.63, 3.8) is 0 Å². The lowest BCUT2D eigenvalue weighted by Crippen LogP contribution is -2.53. The fourth-order valence-electron chi connectivity index (χ4n) is 3.17. The minimum absolute atomic E-state index is 0.0408. The highest BCUT2D eigenvalue weighted by atomic mass is 32.3. The third-order valence-corrected chi connectivity index (χ3v) is 8.08. The van der Waals surface area contributed by atoms with Gasteiger partial charge in [-0.05, 0) is 49.8 Å². The number of aliphatic imine (C=N–C) groups is 1. The maximum atomic E-state index is 14.7. The first kappa shape index (κ1) is 22.8. The number of nitrogens with zero attached hydrogens (tertiary/aromatic N) is 3. The van der Waals surface area contributed by atoms with E-state index >= 15 is 0 Å². The van der Waals surface area contributed by atoms with Gasteiger partial charge in [-0.2, -0.15) is 15.9 Å². The lowest BCUT2D eigenvalue weighted by Gasteiger charge is -2.53. The van der Waals surface area contributed by atoms with E-state index in [2.05, 4.69) is 9.98 Å². The molecule has 0 bridgehead atoms. The summed E-state index contributed by atoms with van der Waals surface area (Å²) >= 11 is 0. The van der Waals surface area contributed by atoms with Crippen LogP contribution < -0.4 is 5.73 Å². The van der Waals surface area contributed by atoms with E-state index in [0.717, 1.165) is 12.1 Å². The van der Waals surface area contributed by atoms with Gasteiger partial charge in [0.15, 0.2) is 0 Å². The molecule has 164 valence electrons. The van der Waals surface area contributed by atoms with Crippen molar-refractivity contribution in [3.05, 3.63) is 64.7 Å². The molecule has 0 radical (unpaired) electrons.